The second-order valence-electron chi connectivity index (χ2n) is 3.32. The predicted octanol–water partition coefficient (Wildman–Crippen LogP) is 3.32. The molecule has 94 valence electrons. The van der Waals surface area contributed by atoms with Gasteiger partial charge in [-0.1, -0.05) is 29.3 Å². The Balaban J connectivity index is 2.45. The highest BCUT2D eigenvalue weighted by Crippen LogP contribution is 2.29. The lowest BCUT2D eigenvalue weighted by Crippen LogP contribution is -2.30. The van der Waals surface area contributed by atoms with Gasteiger partial charge in [0, 0.05) is 20.3 Å². The fourth-order valence-electron chi connectivity index (χ4n) is 1.19. The van der Waals surface area contributed by atoms with E-state index < -0.39 is 0 Å². The van der Waals surface area contributed by atoms with Crippen molar-refractivity contribution in [2.24, 2.45) is 0 Å². The predicted molar refractivity (Wildman–Crippen MR) is 77.2 cm³/mol. The number of ether oxygens (including phenoxy) is 1. The summed E-state index contributed by atoms with van der Waals surface area (Å²) in [7, 11) is 1.67. The Morgan fingerprint density at radius 2 is 2.00 bits per heavy atom. The Bertz CT molecular complexity index is 367. The minimum absolute atomic E-state index is 0.496. The van der Waals surface area contributed by atoms with E-state index in [4.69, 9.17) is 40.2 Å². The van der Waals surface area contributed by atoms with Crippen LogP contribution in [-0.4, -0.2) is 25.4 Å². The molecule has 0 fully saturated rings. The van der Waals surface area contributed by atoms with E-state index in [0.717, 1.165) is 13.0 Å². The van der Waals surface area contributed by atoms with Gasteiger partial charge in [0.25, 0.3) is 0 Å². The average Bonchev–Trinajstić information content (AvgIpc) is 2.30. The van der Waals surface area contributed by atoms with E-state index >= 15 is 0 Å². The Hall–Kier alpha value is -0.550. The molecule has 0 unspecified atom stereocenters. The van der Waals surface area contributed by atoms with Crippen molar-refractivity contribution in [1.29, 1.82) is 0 Å². The van der Waals surface area contributed by atoms with E-state index in [2.05, 4.69) is 10.6 Å². The minimum Gasteiger partial charge on any atom is -0.385 e. The van der Waals surface area contributed by atoms with E-state index in [9.17, 15) is 0 Å². The third-order valence-corrected chi connectivity index (χ3v) is 2.89. The Morgan fingerprint density at radius 1 is 1.35 bits per heavy atom. The molecular weight excluding hydrogens is 279 g/mol. The molecule has 0 amide bonds. The van der Waals surface area contributed by atoms with Crippen LogP contribution in [0.5, 0.6) is 0 Å². The first kappa shape index (κ1) is 14.5. The molecule has 1 aromatic rings. The summed E-state index contributed by atoms with van der Waals surface area (Å²) < 4.78 is 4.93. The fourth-order valence-corrected chi connectivity index (χ4v) is 1.89. The van der Waals surface area contributed by atoms with Crippen LogP contribution in [0, 0.1) is 0 Å². The summed E-state index contributed by atoms with van der Waals surface area (Å²) in [5, 5.41) is 7.59. The third kappa shape index (κ3) is 5.08. The number of methoxy groups -OCH3 is 1. The van der Waals surface area contributed by atoms with Crippen molar-refractivity contribution < 1.29 is 4.74 Å². The average molecular weight is 293 g/mol. The van der Waals surface area contributed by atoms with Crippen molar-refractivity contribution in [2.45, 2.75) is 6.42 Å². The van der Waals surface area contributed by atoms with Crippen LogP contribution >= 0.6 is 35.4 Å². The summed E-state index contributed by atoms with van der Waals surface area (Å²) in [6.07, 6.45) is 0.884. The molecule has 1 rings (SSSR count). The van der Waals surface area contributed by atoms with Gasteiger partial charge in [0.05, 0.1) is 15.7 Å². The zero-order chi connectivity index (χ0) is 12.7. The second kappa shape index (κ2) is 7.71. The molecule has 17 heavy (non-hydrogen) atoms. The molecule has 1 aromatic carbocycles. The molecule has 0 radical (unpaired) electrons. The summed E-state index contributed by atoms with van der Waals surface area (Å²) >= 11 is 17.1. The lowest BCUT2D eigenvalue weighted by Gasteiger charge is -2.12. The number of halogens is 2. The molecule has 0 aliphatic carbocycles. The lowest BCUT2D eigenvalue weighted by molar-refractivity contribution is 0.196. The van der Waals surface area contributed by atoms with Crippen LogP contribution in [0.1, 0.15) is 6.42 Å². The van der Waals surface area contributed by atoms with Gasteiger partial charge in [0.15, 0.2) is 5.11 Å². The molecule has 3 nitrogen and oxygen atoms in total. The summed E-state index contributed by atoms with van der Waals surface area (Å²) in [5.74, 6) is 0. The normalized spacial score (nSPS) is 10.1. The molecule has 2 N–H and O–H groups in total. The van der Waals surface area contributed by atoms with Crippen molar-refractivity contribution in [3.63, 3.8) is 0 Å². The van der Waals surface area contributed by atoms with Crippen molar-refractivity contribution in [1.82, 2.24) is 5.32 Å². The van der Waals surface area contributed by atoms with Gasteiger partial charge >= 0.3 is 0 Å². The van der Waals surface area contributed by atoms with Crippen LogP contribution in [0.25, 0.3) is 0 Å². The van der Waals surface area contributed by atoms with Crippen LogP contribution < -0.4 is 10.6 Å². The number of thiocarbonyl (C=S) groups is 1. The standard InChI is InChI=1S/C11H14Cl2N2OS/c1-16-7-3-6-14-11(17)15-10-8(12)4-2-5-9(10)13/h2,4-5H,3,6-7H2,1H3,(H2,14,15,17). The van der Waals surface area contributed by atoms with Crippen molar-refractivity contribution >= 4 is 46.2 Å². The maximum atomic E-state index is 6.00. The molecule has 6 heteroatoms. The highest BCUT2D eigenvalue weighted by molar-refractivity contribution is 7.80. The lowest BCUT2D eigenvalue weighted by atomic mass is 10.3. The number of hydrogen-bond acceptors (Lipinski definition) is 2. The molecular formula is C11H14Cl2N2OS. The molecule has 0 heterocycles. The number of nitrogens with one attached hydrogen (secondary N) is 2. The summed E-state index contributed by atoms with van der Waals surface area (Å²) in [4.78, 5) is 0. The summed E-state index contributed by atoms with van der Waals surface area (Å²) in [5.41, 5.74) is 0.625. The van der Waals surface area contributed by atoms with E-state index in [0.29, 0.717) is 27.5 Å². The van der Waals surface area contributed by atoms with Gasteiger partial charge in [0.2, 0.25) is 0 Å². The highest BCUT2D eigenvalue weighted by atomic mass is 35.5. The van der Waals surface area contributed by atoms with E-state index in [1.54, 1.807) is 25.3 Å². The molecule has 0 saturated heterocycles. The smallest absolute Gasteiger partial charge is 0.170 e. The van der Waals surface area contributed by atoms with Crippen LogP contribution in [0.2, 0.25) is 10.0 Å². The Morgan fingerprint density at radius 3 is 2.59 bits per heavy atom. The zero-order valence-corrected chi connectivity index (χ0v) is 11.8. The van der Waals surface area contributed by atoms with Gasteiger partial charge in [-0.25, -0.2) is 0 Å². The molecule has 0 aromatic heterocycles. The van der Waals surface area contributed by atoms with Gasteiger partial charge in [-0.2, -0.15) is 0 Å². The molecule has 0 aliphatic rings. The quantitative estimate of drug-likeness (QED) is 0.644. The van der Waals surface area contributed by atoms with Gasteiger partial charge in [-0.15, -0.1) is 0 Å². The zero-order valence-electron chi connectivity index (χ0n) is 9.43. The van der Waals surface area contributed by atoms with Crippen LogP contribution in [-0.2, 0) is 4.74 Å². The summed E-state index contributed by atoms with van der Waals surface area (Å²) in [6, 6.07) is 5.29. The van der Waals surface area contributed by atoms with Crippen molar-refractivity contribution in [3.8, 4) is 0 Å². The molecule has 0 saturated carbocycles. The minimum atomic E-state index is 0.496. The largest absolute Gasteiger partial charge is 0.385 e. The highest BCUT2D eigenvalue weighted by Gasteiger charge is 2.06. The maximum absolute atomic E-state index is 6.00. The molecule has 0 spiro atoms. The number of anilines is 1. The fraction of sp³-hybridized carbons (Fsp3) is 0.364. The van der Waals surface area contributed by atoms with E-state index in [-0.39, 0.29) is 0 Å². The number of benzene rings is 1. The number of hydrogen-bond donors (Lipinski definition) is 2. The molecule has 0 atom stereocenters. The van der Waals surface area contributed by atoms with Gasteiger partial charge < -0.3 is 15.4 Å². The Kier molecular flexibility index (Phi) is 6.58. The van der Waals surface area contributed by atoms with E-state index in [1.165, 1.54) is 0 Å². The molecule has 0 aliphatic heterocycles. The maximum Gasteiger partial charge on any atom is 0.170 e. The van der Waals surface area contributed by atoms with Gasteiger partial charge in [0.1, 0.15) is 0 Å². The number of rotatable bonds is 5. The van der Waals surface area contributed by atoms with Crippen LogP contribution in [0.15, 0.2) is 18.2 Å². The third-order valence-electron chi connectivity index (χ3n) is 2.01. The van der Waals surface area contributed by atoms with Gasteiger partial charge in [-0.3, -0.25) is 0 Å². The van der Waals surface area contributed by atoms with E-state index in [1.807, 2.05) is 0 Å². The second-order valence-corrected chi connectivity index (χ2v) is 4.55. The molecule has 0 bridgehead atoms. The first-order valence-electron chi connectivity index (χ1n) is 5.13. The first-order valence-corrected chi connectivity index (χ1v) is 6.29. The van der Waals surface area contributed by atoms with Crippen molar-refractivity contribution in [3.05, 3.63) is 28.2 Å². The Labute approximate surface area is 116 Å². The first-order chi connectivity index (χ1) is 8.15. The van der Waals surface area contributed by atoms with Crippen LogP contribution in [0.3, 0.4) is 0 Å². The van der Waals surface area contributed by atoms with Crippen molar-refractivity contribution in [2.75, 3.05) is 25.6 Å². The topological polar surface area (TPSA) is 33.3 Å². The monoisotopic (exact) mass is 292 g/mol. The summed E-state index contributed by atoms with van der Waals surface area (Å²) in [6.45, 7) is 1.43. The van der Waals surface area contributed by atoms with Gasteiger partial charge in [-0.05, 0) is 30.8 Å². The number of para-hydroxylation sites is 1. The SMILES string of the molecule is COCCCNC(=S)Nc1c(Cl)cccc1Cl. The van der Waals surface area contributed by atoms with Crippen LogP contribution in [0.4, 0.5) is 5.69 Å².